The van der Waals surface area contributed by atoms with Crippen LogP contribution in [0.5, 0.6) is 5.75 Å². The lowest BCUT2D eigenvalue weighted by molar-refractivity contribution is -0.143. The minimum Gasteiger partial charge on any atom is -0.492 e. The minimum absolute atomic E-state index is 0.230. The molecule has 0 saturated carbocycles. The SMILES string of the molecule is CS(=O)(=O)c1cccc(OCCN2CCCC(C(=O)O)C2)c1. The fourth-order valence-electron chi connectivity index (χ4n) is 2.55. The Morgan fingerprint density at radius 3 is 2.91 bits per heavy atom. The highest BCUT2D eigenvalue weighted by Crippen LogP contribution is 2.18. The maximum Gasteiger partial charge on any atom is 0.307 e. The van der Waals surface area contributed by atoms with Crippen molar-refractivity contribution in [2.45, 2.75) is 17.7 Å². The molecule has 1 saturated heterocycles. The molecule has 0 spiro atoms. The fraction of sp³-hybridized carbons (Fsp3) is 0.533. The molecular weight excluding hydrogens is 306 g/mol. The van der Waals surface area contributed by atoms with Crippen LogP contribution in [0.3, 0.4) is 0 Å². The third-order valence-electron chi connectivity index (χ3n) is 3.76. The molecule has 7 heteroatoms. The van der Waals surface area contributed by atoms with Gasteiger partial charge in [-0.15, -0.1) is 0 Å². The summed E-state index contributed by atoms with van der Waals surface area (Å²) < 4.78 is 28.6. The average Bonchev–Trinajstić information content (AvgIpc) is 2.47. The number of carboxylic acid groups (broad SMARTS) is 1. The van der Waals surface area contributed by atoms with Crippen molar-refractivity contribution in [3.63, 3.8) is 0 Å². The van der Waals surface area contributed by atoms with Crippen molar-refractivity contribution < 1.29 is 23.1 Å². The van der Waals surface area contributed by atoms with E-state index in [2.05, 4.69) is 4.90 Å². The Hall–Kier alpha value is -1.60. The van der Waals surface area contributed by atoms with E-state index in [1.54, 1.807) is 12.1 Å². The fourth-order valence-corrected chi connectivity index (χ4v) is 3.20. The second-order valence-electron chi connectivity index (χ2n) is 5.57. The zero-order valence-electron chi connectivity index (χ0n) is 12.6. The number of nitrogens with zero attached hydrogens (tertiary/aromatic N) is 1. The summed E-state index contributed by atoms with van der Waals surface area (Å²) in [6.07, 6.45) is 2.76. The molecule has 0 radical (unpaired) electrons. The smallest absolute Gasteiger partial charge is 0.307 e. The number of benzene rings is 1. The Morgan fingerprint density at radius 2 is 2.23 bits per heavy atom. The Balaban J connectivity index is 1.85. The first-order valence-corrected chi connectivity index (χ1v) is 9.13. The second kappa shape index (κ2) is 7.11. The maximum atomic E-state index is 11.5. The van der Waals surface area contributed by atoms with Crippen molar-refractivity contribution in [3.05, 3.63) is 24.3 Å². The lowest BCUT2D eigenvalue weighted by Gasteiger charge is -2.30. The molecule has 1 atom stereocenters. The highest BCUT2D eigenvalue weighted by Gasteiger charge is 2.24. The third-order valence-corrected chi connectivity index (χ3v) is 4.87. The number of carboxylic acids is 1. The van der Waals surface area contributed by atoms with Gasteiger partial charge in [-0.05, 0) is 37.6 Å². The zero-order valence-corrected chi connectivity index (χ0v) is 13.4. The molecule has 122 valence electrons. The Morgan fingerprint density at radius 1 is 1.45 bits per heavy atom. The largest absolute Gasteiger partial charge is 0.492 e. The van der Waals surface area contributed by atoms with Gasteiger partial charge >= 0.3 is 5.97 Å². The highest BCUT2D eigenvalue weighted by molar-refractivity contribution is 7.90. The van der Waals surface area contributed by atoms with Crippen LogP contribution in [-0.4, -0.2) is 56.9 Å². The lowest BCUT2D eigenvalue weighted by Crippen LogP contribution is -2.40. The molecule has 0 aliphatic carbocycles. The van der Waals surface area contributed by atoms with E-state index < -0.39 is 15.8 Å². The predicted molar refractivity (Wildman–Crippen MR) is 81.8 cm³/mol. The van der Waals surface area contributed by atoms with Crippen molar-refractivity contribution >= 4 is 15.8 Å². The van der Waals surface area contributed by atoms with Crippen LogP contribution in [0.1, 0.15) is 12.8 Å². The van der Waals surface area contributed by atoms with Crippen LogP contribution in [0.15, 0.2) is 29.2 Å². The van der Waals surface area contributed by atoms with Gasteiger partial charge in [-0.1, -0.05) is 6.07 Å². The van der Waals surface area contributed by atoms with Gasteiger partial charge in [-0.3, -0.25) is 9.69 Å². The molecule has 1 heterocycles. The summed E-state index contributed by atoms with van der Waals surface area (Å²) in [4.78, 5) is 13.3. The van der Waals surface area contributed by atoms with Crippen LogP contribution >= 0.6 is 0 Å². The number of piperidine rings is 1. The van der Waals surface area contributed by atoms with Gasteiger partial charge in [0.15, 0.2) is 9.84 Å². The molecule has 1 aromatic carbocycles. The van der Waals surface area contributed by atoms with Gasteiger partial charge in [0.1, 0.15) is 12.4 Å². The first kappa shape index (κ1) is 16.8. The van der Waals surface area contributed by atoms with E-state index in [9.17, 15) is 13.2 Å². The first-order valence-electron chi connectivity index (χ1n) is 7.24. The topological polar surface area (TPSA) is 83.9 Å². The number of likely N-dealkylation sites (tertiary alicyclic amines) is 1. The molecule has 0 aromatic heterocycles. The van der Waals surface area contributed by atoms with E-state index in [0.29, 0.717) is 25.4 Å². The molecule has 1 unspecified atom stereocenters. The van der Waals surface area contributed by atoms with Gasteiger partial charge in [0.2, 0.25) is 0 Å². The highest BCUT2D eigenvalue weighted by atomic mass is 32.2. The van der Waals surface area contributed by atoms with Crippen LogP contribution in [0.2, 0.25) is 0 Å². The molecule has 1 aromatic rings. The molecule has 1 aliphatic heterocycles. The number of aliphatic carboxylic acids is 1. The average molecular weight is 327 g/mol. The van der Waals surface area contributed by atoms with Crippen molar-refractivity contribution in [2.75, 3.05) is 32.5 Å². The third kappa shape index (κ3) is 4.71. The van der Waals surface area contributed by atoms with Gasteiger partial charge in [0.05, 0.1) is 10.8 Å². The summed E-state index contributed by atoms with van der Waals surface area (Å²) in [7, 11) is -3.24. The Bertz CT molecular complexity index is 629. The summed E-state index contributed by atoms with van der Waals surface area (Å²) >= 11 is 0. The summed E-state index contributed by atoms with van der Waals surface area (Å²) in [5.74, 6) is -0.538. The van der Waals surface area contributed by atoms with Crippen LogP contribution in [0.4, 0.5) is 0 Å². The van der Waals surface area contributed by atoms with Gasteiger partial charge < -0.3 is 9.84 Å². The normalized spacial score (nSPS) is 19.8. The zero-order chi connectivity index (χ0) is 16.2. The van der Waals surface area contributed by atoms with Gasteiger partial charge in [0.25, 0.3) is 0 Å². The molecule has 1 N–H and O–H groups in total. The molecule has 6 nitrogen and oxygen atoms in total. The molecule has 2 rings (SSSR count). The van der Waals surface area contributed by atoms with E-state index in [-0.39, 0.29) is 10.8 Å². The quantitative estimate of drug-likeness (QED) is 0.847. The van der Waals surface area contributed by atoms with Crippen LogP contribution in [0, 0.1) is 5.92 Å². The van der Waals surface area contributed by atoms with E-state index in [1.165, 1.54) is 12.1 Å². The lowest BCUT2D eigenvalue weighted by atomic mass is 9.98. The van der Waals surface area contributed by atoms with Gasteiger partial charge in [-0.25, -0.2) is 8.42 Å². The number of hydrogen-bond acceptors (Lipinski definition) is 5. The summed E-state index contributed by atoms with van der Waals surface area (Å²) in [5, 5.41) is 9.05. The first-order chi connectivity index (χ1) is 10.4. The second-order valence-corrected chi connectivity index (χ2v) is 7.59. The standard InChI is InChI=1S/C15H21NO5S/c1-22(19,20)14-6-2-5-13(10-14)21-9-8-16-7-3-4-12(11-16)15(17)18/h2,5-6,10,12H,3-4,7-9,11H2,1H3,(H,17,18). The van der Waals surface area contributed by atoms with Crippen LogP contribution < -0.4 is 4.74 Å². The van der Waals surface area contributed by atoms with E-state index in [1.807, 2.05) is 0 Å². The van der Waals surface area contributed by atoms with Crippen molar-refractivity contribution in [2.24, 2.45) is 5.92 Å². The Kier molecular flexibility index (Phi) is 5.42. The minimum atomic E-state index is -3.24. The molecule has 1 aliphatic rings. The van der Waals surface area contributed by atoms with Gasteiger partial charge in [-0.2, -0.15) is 0 Å². The molecule has 1 fully saturated rings. The molecule has 0 bridgehead atoms. The van der Waals surface area contributed by atoms with Gasteiger partial charge in [0, 0.05) is 19.3 Å². The predicted octanol–water partition coefficient (Wildman–Crippen LogP) is 1.27. The van der Waals surface area contributed by atoms with Crippen molar-refractivity contribution in [3.8, 4) is 5.75 Å². The number of rotatable bonds is 6. The summed E-state index contributed by atoms with van der Waals surface area (Å²) in [6, 6.07) is 6.40. The number of ether oxygens (including phenoxy) is 1. The van der Waals surface area contributed by atoms with E-state index >= 15 is 0 Å². The summed E-state index contributed by atoms with van der Waals surface area (Å²) in [5.41, 5.74) is 0. The summed E-state index contributed by atoms with van der Waals surface area (Å²) in [6.45, 7) is 2.45. The Labute approximate surface area is 130 Å². The molecule has 22 heavy (non-hydrogen) atoms. The molecule has 0 amide bonds. The number of hydrogen-bond donors (Lipinski definition) is 1. The van der Waals surface area contributed by atoms with Crippen molar-refractivity contribution in [1.29, 1.82) is 0 Å². The van der Waals surface area contributed by atoms with Crippen LogP contribution in [0.25, 0.3) is 0 Å². The monoisotopic (exact) mass is 327 g/mol. The number of carbonyl (C=O) groups is 1. The van der Waals surface area contributed by atoms with Crippen LogP contribution in [-0.2, 0) is 14.6 Å². The maximum absolute atomic E-state index is 11.5. The van der Waals surface area contributed by atoms with E-state index in [0.717, 1.165) is 25.6 Å². The molecular formula is C15H21NO5S. The van der Waals surface area contributed by atoms with E-state index in [4.69, 9.17) is 9.84 Å². The number of sulfone groups is 1. The van der Waals surface area contributed by atoms with Crippen molar-refractivity contribution in [1.82, 2.24) is 4.90 Å².